The van der Waals surface area contributed by atoms with E-state index < -0.39 is 0 Å². The van der Waals surface area contributed by atoms with Crippen molar-refractivity contribution in [3.63, 3.8) is 0 Å². The molecule has 0 atom stereocenters. The van der Waals surface area contributed by atoms with Crippen molar-refractivity contribution in [1.82, 2.24) is 15.1 Å². The quantitative estimate of drug-likeness (QED) is 0.539. The van der Waals surface area contributed by atoms with E-state index in [0.717, 1.165) is 25.4 Å². The number of carbonyl (C=O) groups is 2. The van der Waals surface area contributed by atoms with Crippen LogP contribution in [-0.2, 0) is 4.79 Å². The summed E-state index contributed by atoms with van der Waals surface area (Å²) in [6.07, 6.45) is 3.10. The van der Waals surface area contributed by atoms with E-state index in [1.165, 1.54) is 6.26 Å². The molecule has 7 heteroatoms. The zero-order chi connectivity index (χ0) is 22.9. The van der Waals surface area contributed by atoms with Crippen molar-refractivity contribution in [1.29, 1.82) is 0 Å². The summed E-state index contributed by atoms with van der Waals surface area (Å²) in [6, 6.07) is 22.0. The van der Waals surface area contributed by atoms with Crippen LogP contribution in [0.2, 0.25) is 0 Å². The maximum Gasteiger partial charge on any atom is 0.270 e. The van der Waals surface area contributed by atoms with Gasteiger partial charge in [-0.25, -0.2) is 0 Å². The molecule has 0 aliphatic carbocycles. The van der Waals surface area contributed by atoms with Gasteiger partial charge in [-0.3, -0.25) is 14.5 Å². The molecule has 1 aromatic heterocycles. The SMILES string of the molecule is O=C(N/C(=C/c1ccco1)C(=O)N1CCN(CCOc2ccccc2)CC1)c1ccccc1. The largest absolute Gasteiger partial charge is 0.492 e. The molecule has 1 saturated heterocycles. The maximum absolute atomic E-state index is 13.3. The normalized spacial score (nSPS) is 14.7. The van der Waals surface area contributed by atoms with Gasteiger partial charge < -0.3 is 19.4 Å². The number of hydrogen-bond acceptors (Lipinski definition) is 5. The number of benzene rings is 2. The van der Waals surface area contributed by atoms with Crippen molar-refractivity contribution < 1.29 is 18.7 Å². The van der Waals surface area contributed by atoms with Crippen LogP contribution < -0.4 is 10.1 Å². The minimum absolute atomic E-state index is 0.194. The van der Waals surface area contributed by atoms with Crippen molar-refractivity contribution in [2.45, 2.75) is 0 Å². The highest BCUT2D eigenvalue weighted by molar-refractivity contribution is 6.05. The fourth-order valence-electron chi connectivity index (χ4n) is 3.61. The third kappa shape index (κ3) is 6.33. The zero-order valence-corrected chi connectivity index (χ0v) is 18.4. The van der Waals surface area contributed by atoms with Gasteiger partial charge in [-0.1, -0.05) is 36.4 Å². The Morgan fingerprint density at radius 2 is 1.61 bits per heavy atom. The molecule has 7 nitrogen and oxygen atoms in total. The molecule has 0 saturated carbocycles. The van der Waals surface area contributed by atoms with E-state index >= 15 is 0 Å². The summed E-state index contributed by atoms with van der Waals surface area (Å²) in [5, 5.41) is 2.77. The van der Waals surface area contributed by atoms with Crippen molar-refractivity contribution >= 4 is 17.9 Å². The Morgan fingerprint density at radius 1 is 0.909 bits per heavy atom. The monoisotopic (exact) mass is 445 g/mol. The third-order valence-electron chi connectivity index (χ3n) is 5.42. The van der Waals surface area contributed by atoms with Gasteiger partial charge in [-0.15, -0.1) is 0 Å². The van der Waals surface area contributed by atoms with Crippen LogP contribution in [0, 0.1) is 0 Å². The van der Waals surface area contributed by atoms with Crippen molar-refractivity contribution in [3.8, 4) is 5.75 Å². The summed E-state index contributed by atoms with van der Waals surface area (Å²) in [5.74, 6) is 0.797. The van der Waals surface area contributed by atoms with Gasteiger partial charge in [0.1, 0.15) is 23.8 Å². The summed E-state index contributed by atoms with van der Waals surface area (Å²) in [5.41, 5.74) is 0.679. The Labute approximate surface area is 193 Å². The van der Waals surface area contributed by atoms with Gasteiger partial charge in [-0.2, -0.15) is 0 Å². The first kappa shape index (κ1) is 22.4. The lowest BCUT2D eigenvalue weighted by atomic mass is 10.2. The fraction of sp³-hybridized carbons (Fsp3) is 0.231. The second-order valence-electron chi connectivity index (χ2n) is 7.69. The Balaban J connectivity index is 1.34. The van der Waals surface area contributed by atoms with E-state index in [1.807, 2.05) is 36.4 Å². The van der Waals surface area contributed by atoms with E-state index in [1.54, 1.807) is 47.4 Å². The highest BCUT2D eigenvalue weighted by atomic mass is 16.5. The van der Waals surface area contributed by atoms with Gasteiger partial charge in [0.25, 0.3) is 11.8 Å². The van der Waals surface area contributed by atoms with Gasteiger partial charge in [0.2, 0.25) is 0 Å². The molecule has 0 spiro atoms. The van der Waals surface area contributed by atoms with Crippen LogP contribution in [0.15, 0.2) is 89.2 Å². The number of hydrogen-bond donors (Lipinski definition) is 1. The molecule has 0 unspecified atom stereocenters. The van der Waals surface area contributed by atoms with Crippen molar-refractivity contribution in [2.75, 3.05) is 39.3 Å². The molecule has 2 aromatic carbocycles. The summed E-state index contributed by atoms with van der Waals surface area (Å²) in [6.45, 7) is 4.00. The highest BCUT2D eigenvalue weighted by Crippen LogP contribution is 2.13. The number of nitrogens with zero attached hydrogens (tertiary/aromatic N) is 2. The fourth-order valence-corrected chi connectivity index (χ4v) is 3.61. The van der Waals surface area contributed by atoms with Crippen LogP contribution in [0.5, 0.6) is 5.75 Å². The second-order valence-corrected chi connectivity index (χ2v) is 7.69. The second kappa shape index (κ2) is 11.2. The maximum atomic E-state index is 13.3. The average molecular weight is 446 g/mol. The third-order valence-corrected chi connectivity index (χ3v) is 5.42. The van der Waals surface area contributed by atoms with Gasteiger partial charge in [0.05, 0.1) is 6.26 Å². The molecule has 1 N–H and O–H groups in total. The molecular weight excluding hydrogens is 418 g/mol. The summed E-state index contributed by atoms with van der Waals surface area (Å²) in [7, 11) is 0. The van der Waals surface area contributed by atoms with Crippen LogP contribution in [0.1, 0.15) is 16.1 Å². The predicted molar refractivity (Wildman–Crippen MR) is 126 cm³/mol. The van der Waals surface area contributed by atoms with E-state index in [9.17, 15) is 9.59 Å². The minimum atomic E-state index is -0.335. The Morgan fingerprint density at radius 3 is 2.27 bits per heavy atom. The molecule has 0 bridgehead atoms. The van der Waals surface area contributed by atoms with Crippen molar-refractivity contribution in [3.05, 3.63) is 96.1 Å². The molecule has 2 heterocycles. The lowest BCUT2D eigenvalue weighted by molar-refractivity contribution is -0.129. The molecular formula is C26H27N3O4. The summed E-state index contributed by atoms with van der Waals surface area (Å²) < 4.78 is 11.1. The molecule has 1 aliphatic heterocycles. The van der Waals surface area contributed by atoms with E-state index in [0.29, 0.717) is 31.0 Å². The van der Waals surface area contributed by atoms with E-state index in [4.69, 9.17) is 9.15 Å². The molecule has 1 aliphatic rings. The van der Waals surface area contributed by atoms with Gasteiger partial charge in [-0.05, 0) is 36.4 Å². The topological polar surface area (TPSA) is 75.0 Å². The van der Waals surface area contributed by atoms with E-state index in [-0.39, 0.29) is 17.5 Å². The molecule has 0 radical (unpaired) electrons. The first-order valence-corrected chi connectivity index (χ1v) is 11.0. The number of ether oxygens (including phenoxy) is 1. The van der Waals surface area contributed by atoms with Crippen LogP contribution >= 0.6 is 0 Å². The minimum Gasteiger partial charge on any atom is -0.492 e. The van der Waals surface area contributed by atoms with Crippen LogP contribution in [0.3, 0.4) is 0 Å². The van der Waals surface area contributed by atoms with Gasteiger partial charge in [0, 0.05) is 44.4 Å². The molecule has 1 fully saturated rings. The number of piperazine rings is 1. The number of rotatable bonds is 8. The van der Waals surface area contributed by atoms with Gasteiger partial charge >= 0.3 is 0 Å². The number of carbonyl (C=O) groups excluding carboxylic acids is 2. The molecule has 2 amide bonds. The highest BCUT2D eigenvalue weighted by Gasteiger charge is 2.25. The Hall–Kier alpha value is -3.84. The summed E-state index contributed by atoms with van der Waals surface area (Å²) in [4.78, 5) is 30.0. The molecule has 4 rings (SSSR count). The van der Waals surface area contributed by atoms with Gasteiger partial charge in [0.15, 0.2) is 0 Å². The zero-order valence-electron chi connectivity index (χ0n) is 18.4. The number of furan rings is 1. The standard InChI is InChI=1S/C26H27N3O4/c30-25(21-8-3-1-4-9-21)27-24(20-23-12-7-18-32-23)26(31)29-15-13-28(14-16-29)17-19-33-22-10-5-2-6-11-22/h1-12,18,20H,13-17,19H2,(H,27,30)/b24-20+. The Kier molecular flexibility index (Phi) is 7.56. The Bertz CT molecular complexity index is 1060. The molecule has 170 valence electrons. The lowest BCUT2D eigenvalue weighted by Gasteiger charge is -2.35. The lowest BCUT2D eigenvalue weighted by Crippen LogP contribution is -2.51. The number of para-hydroxylation sites is 1. The first-order chi connectivity index (χ1) is 16.2. The number of amides is 2. The summed E-state index contributed by atoms with van der Waals surface area (Å²) >= 11 is 0. The first-order valence-electron chi connectivity index (χ1n) is 11.0. The average Bonchev–Trinajstić information content (AvgIpc) is 3.38. The number of nitrogens with one attached hydrogen (secondary N) is 1. The predicted octanol–water partition coefficient (Wildman–Crippen LogP) is 3.27. The smallest absolute Gasteiger partial charge is 0.270 e. The van der Waals surface area contributed by atoms with E-state index in [2.05, 4.69) is 10.2 Å². The van der Waals surface area contributed by atoms with Crippen molar-refractivity contribution in [2.24, 2.45) is 0 Å². The molecule has 33 heavy (non-hydrogen) atoms. The molecule has 3 aromatic rings. The van der Waals surface area contributed by atoms with Crippen LogP contribution in [-0.4, -0.2) is 60.9 Å². The van der Waals surface area contributed by atoms with Crippen LogP contribution in [0.25, 0.3) is 6.08 Å². The van der Waals surface area contributed by atoms with Crippen LogP contribution in [0.4, 0.5) is 0 Å².